The summed E-state index contributed by atoms with van der Waals surface area (Å²) in [5, 5.41) is 7.95. The van der Waals surface area contributed by atoms with Crippen LogP contribution in [0.5, 0.6) is 0 Å². The molecule has 0 saturated carbocycles. The molecule has 1 N–H and O–H groups in total. The maximum absolute atomic E-state index is 4.49. The van der Waals surface area contributed by atoms with Gasteiger partial charge in [0.05, 0.1) is 22.4 Å². The van der Waals surface area contributed by atoms with E-state index in [1.165, 1.54) is 57.1 Å². The summed E-state index contributed by atoms with van der Waals surface area (Å²) in [5.41, 5.74) is 1.29. The molecule has 1 rings (SSSR count). The van der Waals surface area contributed by atoms with E-state index in [2.05, 4.69) is 58.8 Å². The second-order valence-electron chi connectivity index (χ2n) is 6.17. The monoisotopic (exact) mass is 357 g/mol. The van der Waals surface area contributed by atoms with Crippen molar-refractivity contribution in [2.45, 2.75) is 84.2 Å². The van der Waals surface area contributed by atoms with Crippen LogP contribution in [-0.2, 0) is 0 Å². The molecule has 0 aliphatic carbocycles. The summed E-state index contributed by atoms with van der Waals surface area (Å²) in [6, 6.07) is 0.788. The van der Waals surface area contributed by atoms with Gasteiger partial charge in [-0.2, -0.15) is 5.10 Å². The summed E-state index contributed by atoms with van der Waals surface area (Å²) in [4.78, 5) is 0. The van der Waals surface area contributed by atoms with E-state index in [4.69, 9.17) is 0 Å². The lowest BCUT2D eigenvalue weighted by molar-refractivity contribution is 0.430. The average molecular weight is 358 g/mol. The first-order valence-electron chi connectivity index (χ1n) is 8.52. The lowest BCUT2D eigenvalue weighted by Gasteiger charge is -2.20. The number of rotatable bonds is 11. The number of unbranched alkanes of at least 4 members (excludes halogenated alkanes) is 6. The maximum atomic E-state index is 4.49. The minimum atomic E-state index is 0.389. The molecule has 1 unspecified atom stereocenters. The van der Waals surface area contributed by atoms with Crippen LogP contribution in [0.2, 0.25) is 0 Å². The molecule has 0 aliphatic heterocycles. The zero-order valence-electron chi connectivity index (χ0n) is 14.2. The van der Waals surface area contributed by atoms with Crippen LogP contribution in [0.25, 0.3) is 0 Å². The van der Waals surface area contributed by atoms with Crippen LogP contribution in [0.1, 0.15) is 89.9 Å². The molecule has 21 heavy (non-hydrogen) atoms. The van der Waals surface area contributed by atoms with Crippen molar-refractivity contribution in [2.24, 2.45) is 0 Å². The molecule has 0 aromatic carbocycles. The molecule has 0 fully saturated rings. The molecule has 1 atom stereocenters. The number of aromatic nitrogens is 2. The van der Waals surface area contributed by atoms with Gasteiger partial charge in [0.2, 0.25) is 0 Å². The van der Waals surface area contributed by atoms with Crippen molar-refractivity contribution in [1.29, 1.82) is 0 Å². The van der Waals surface area contributed by atoms with E-state index in [0.29, 0.717) is 12.1 Å². The highest BCUT2D eigenvalue weighted by Gasteiger charge is 2.19. The maximum Gasteiger partial charge on any atom is 0.0698 e. The first-order valence-corrected chi connectivity index (χ1v) is 9.31. The van der Waals surface area contributed by atoms with Gasteiger partial charge in [-0.3, -0.25) is 4.68 Å². The van der Waals surface area contributed by atoms with Crippen LogP contribution in [0.3, 0.4) is 0 Å². The van der Waals surface area contributed by atoms with Crippen molar-refractivity contribution in [3.63, 3.8) is 0 Å². The molecule has 0 aliphatic rings. The highest BCUT2D eigenvalue weighted by molar-refractivity contribution is 9.10. The van der Waals surface area contributed by atoms with Crippen LogP contribution in [0.4, 0.5) is 0 Å². The van der Waals surface area contributed by atoms with Gasteiger partial charge in [0.15, 0.2) is 0 Å². The summed E-state index contributed by atoms with van der Waals surface area (Å²) < 4.78 is 3.26. The molecule has 0 spiro atoms. The molecular weight excluding hydrogens is 326 g/mol. The van der Waals surface area contributed by atoms with Crippen molar-refractivity contribution in [3.05, 3.63) is 16.4 Å². The van der Waals surface area contributed by atoms with Crippen LogP contribution in [0, 0.1) is 0 Å². The zero-order valence-corrected chi connectivity index (χ0v) is 15.7. The lowest BCUT2D eigenvalue weighted by Crippen LogP contribution is -2.21. The quantitative estimate of drug-likeness (QED) is 0.520. The van der Waals surface area contributed by atoms with E-state index in [1.54, 1.807) is 0 Å². The van der Waals surface area contributed by atoms with Crippen LogP contribution in [0.15, 0.2) is 10.7 Å². The topological polar surface area (TPSA) is 29.9 Å². The first-order chi connectivity index (χ1) is 10.1. The highest BCUT2D eigenvalue weighted by Crippen LogP contribution is 2.29. The second-order valence-corrected chi connectivity index (χ2v) is 7.02. The molecule has 3 nitrogen and oxygen atoms in total. The van der Waals surface area contributed by atoms with E-state index in [-0.39, 0.29) is 0 Å². The third-order valence-electron chi connectivity index (χ3n) is 4.05. The van der Waals surface area contributed by atoms with Crippen molar-refractivity contribution in [3.8, 4) is 0 Å². The van der Waals surface area contributed by atoms with Crippen LogP contribution >= 0.6 is 15.9 Å². The summed E-state index contributed by atoms with van der Waals surface area (Å²) in [6.45, 7) is 6.64. The van der Waals surface area contributed by atoms with Gasteiger partial charge < -0.3 is 5.32 Å². The predicted molar refractivity (Wildman–Crippen MR) is 94.7 cm³/mol. The van der Waals surface area contributed by atoms with Crippen LogP contribution in [-0.4, -0.2) is 16.8 Å². The van der Waals surface area contributed by atoms with Gasteiger partial charge in [-0.1, -0.05) is 51.9 Å². The number of halogens is 1. The Morgan fingerprint density at radius 2 is 1.76 bits per heavy atom. The van der Waals surface area contributed by atoms with Crippen molar-refractivity contribution in [2.75, 3.05) is 7.05 Å². The number of hydrogen-bond acceptors (Lipinski definition) is 2. The molecule has 0 radical (unpaired) electrons. The van der Waals surface area contributed by atoms with E-state index < -0.39 is 0 Å². The smallest absolute Gasteiger partial charge is 0.0698 e. The Kier molecular flexibility index (Phi) is 9.25. The Balaban J connectivity index is 2.43. The summed E-state index contributed by atoms with van der Waals surface area (Å²) in [5.74, 6) is 0. The number of hydrogen-bond donors (Lipinski definition) is 1. The van der Waals surface area contributed by atoms with Gasteiger partial charge in [0.25, 0.3) is 0 Å². The van der Waals surface area contributed by atoms with Gasteiger partial charge >= 0.3 is 0 Å². The van der Waals surface area contributed by atoms with Gasteiger partial charge in [0, 0.05) is 6.04 Å². The van der Waals surface area contributed by atoms with Gasteiger partial charge in [-0.15, -0.1) is 0 Å². The van der Waals surface area contributed by atoms with Crippen molar-refractivity contribution in [1.82, 2.24) is 15.1 Å². The second kappa shape index (κ2) is 10.4. The SMILES string of the molecule is CCCCCCCCCC(NC)c1c(Br)cnn1C(C)C. The fourth-order valence-electron chi connectivity index (χ4n) is 2.81. The van der Waals surface area contributed by atoms with E-state index in [9.17, 15) is 0 Å². The Bertz CT molecular complexity index is 387. The molecule has 0 amide bonds. The normalized spacial score (nSPS) is 13.0. The van der Waals surface area contributed by atoms with E-state index in [0.717, 1.165) is 4.47 Å². The molecule has 0 bridgehead atoms. The van der Waals surface area contributed by atoms with Gasteiger partial charge in [-0.25, -0.2) is 0 Å². The standard InChI is InChI=1S/C17H32BrN3/c1-5-6-7-8-9-10-11-12-16(19-4)17-15(18)13-20-21(17)14(2)3/h13-14,16,19H,5-12H2,1-4H3. The lowest BCUT2D eigenvalue weighted by atomic mass is 10.0. The van der Waals surface area contributed by atoms with Crippen LogP contribution < -0.4 is 5.32 Å². The minimum absolute atomic E-state index is 0.389. The van der Waals surface area contributed by atoms with Crippen molar-refractivity contribution < 1.29 is 0 Å². The Hall–Kier alpha value is -0.350. The summed E-state index contributed by atoms with van der Waals surface area (Å²) in [6.07, 6.45) is 12.6. The van der Waals surface area contributed by atoms with E-state index in [1.807, 2.05) is 6.20 Å². The highest BCUT2D eigenvalue weighted by atomic mass is 79.9. The molecule has 4 heteroatoms. The average Bonchev–Trinajstić information content (AvgIpc) is 2.84. The van der Waals surface area contributed by atoms with Crippen molar-refractivity contribution >= 4 is 15.9 Å². The minimum Gasteiger partial charge on any atom is -0.312 e. The third kappa shape index (κ3) is 6.11. The molecule has 1 aromatic heterocycles. The molecule has 122 valence electrons. The fourth-order valence-corrected chi connectivity index (χ4v) is 3.36. The Labute approximate surface area is 139 Å². The third-order valence-corrected chi connectivity index (χ3v) is 4.66. The number of nitrogens with one attached hydrogen (secondary N) is 1. The Morgan fingerprint density at radius 3 is 2.33 bits per heavy atom. The first kappa shape index (κ1) is 18.7. The molecule has 0 saturated heterocycles. The molecule has 1 aromatic rings. The zero-order chi connectivity index (χ0) is 15.7. The predicted octanol–water partition coefficient (Wildman–Crippen LogP) is 5.63. The Morgan fingerprint density at radius 1 is 1.14 bits per heavy atom. The molecule has 1 heterocycles. The van der Waals surface area contributed by atoms with Gasteiger partial charge in [-0.05, 0) is 43.2 Å². The summed E-state index contributed by atoms with van der Waals surface area (Å²) in [7, 11) is 2.05. The fraction of sp³-hybridized carbons (Fsp3) is 0.824. The number of nitrogens with zero attached hydrogens (tertiary/aromatic N) is 2. The van der Waals surface area contributed by atoms with E-state index >= 15 is 0 Å². The van der Waals surface area contributed by atoms with Gasteiger partial charge in [0.1, 0.15) is 0 Å². The molecular formula is C17H32BrN3. The largest absolute Gasteiger partial charge is 0.312 e. The summed E-state index contributed by atoms with van der Waals surface area (Å²) >= 11 is 3.65.